The fourth-order valence-corrected chi connectivity index (χ4v) is 2.97. The second kappa shape index (κ2) is 7.03. The van der Waals surface area contributed by atoms with E-state index in [1.165, 1.54) is 0 Å². The molecule has 1 heterocycles. The highest BCUT2D eigenvalue weighted by atomic mass is 79.9. The van der Waals surface area contributed by atoms with Gasteiger partial charge < -0.3 is 9.64 Å². The Labute approximate surface area is 125 Å². The van der Waals surface area contributed by atoms with E-state index in [9.17, 15) is 4.79 Å². The van der Waals surface area contributed by atoms with E-state index in [0.717, 1.165) is 21.0 Å². The van der Waals surface area contributed by atoms with Gasteiger partial charge in [-0.1, -0.05) is 34.1 Å². The van der Waals surface area contributed by atoms with Crippen LogP contribution in [0.2, 0.25) is 0 Å². The van der Waals surface area contributed by atoms with E-state index in [2.05, 4.69) is 15.9 Å². The van der Waals surface area contributed by atoms with Crippen molar-refractivity contribution in [3.8, 4) is 0 Å². The van der Waals surface area contributed by atoms with E-state index in [1.54, 1.807) is 16.2 Å². The molecule has 0 spiro atoms. The lowest BCUT2D eigenvalue weighted by Crippen LogP contribution is -2.30. The average Bonchev–Trinajstić information content (AvgIpc) is 2.86. The maximum absolute atomic E-state index is 12.4. The second-order valence-corrected chi connectivity index (χ2v) is 5.88. The van der Waals surface area contributed by atoms with Crippen LogP contribution in [0, 0.1) is 0 Å². The quantitative estimate of drug-likeness (QED) is 0.595. The number of hydrogen-bond donors (Lipinski definition) is 0. The molecule has 0 aliphatic carbocycles. The maximum Gasteiger partial charge on any atom is 0.255 e. The largest absolute Gasteiger partial charge is 0.379 e. The molecule has 3 nitrogen and oxygen atoms in total. The summed E-state index contributed by atoms with van der Waals surface area (Å²) in [5, 5.41) is 3.79. The van der Waals surface area contributed by atoms with E-state index in [4.69, 9.17) is 4.74 Å². The number of benzene rings is 1. The van der Waals surface area contributed by atoms with E-state index < -0.39 is 0 Å². The molecule has 1 aromatic heterocycles. The molecule has 0 fully saturated rings. The van der Waals surface area contributed by atoms with Crippen molar-refractivity contribution in [1.29, 1.82) is 0 Å². The number of carbonyl (C=O) groups is 1. The highest BCUT2D eigenvalue weighted by molar-refractivity contribution is 9.09. The highest BCUT2D eigenvalue weighted by Crippen LogP contribution is 2.26. The Morgan fingerprint density at radius 3 is 2.95 bits per heavy atom. The summed E-state index contributed by atoms with van der Waals surface area (Å²) in [5.41, 5.74) is 0.781. The number of alkyl halides is 1. The molecular formula is C14H16BrNO2S. The molecule has 0 unspecified atom stereocenters. The van der Waals surface area contributed by atoms with Gasteiger partial charge >= 0.3 is 0 Å². The normalized spacial score (nSPS) is 10.8. The summed E-state index contributed by atoms with van der Waals surface area (Å²) in [6.07, 6.45) is 0. The molecule has 19 heavy (non-hydrogen) atoms. The van der Waals surface area contributed by atoms with Crippen molar-refractivity contribution in [2.75, 3.05) is 32.1 Å². The van der Waals surface area contributed by atoms with Gasteiger partial charge in [0.15, 0.2) is 0 Å². The number of amides is 1. The molecule has 2 aromatic rings. The molecule has 0 N–H and O–H groups in total. The molecule has 0 saturated heterocycles. The van der Waals surface area contributed by atoms with Crippen LogP contribution >= 0.6 is 27.3 Å². The van der Waals surface area contributed by atoms with E-state index in [-0.39, 0.29) is 5.91 Å². The third-order valence-corrected chi connectivity index (χ3v) is 4.14. The van der Waals surface area contributed by atoms with Crippen LogP contribution in [0.25, 0.3) is 10.1 Å². The minimum Gasteiger partial charge on any atom is -0.379 e. The van der Waals surface area contributed by atoms with Crippen molar-refractivity contribution in [1.82, 2.24) is 4.90 Å². The predicted octanol–water partition coefficient (Wildman–Crippen LogP) is 3.38. The van der Waals surface area contributed by atoms with Gasteiger partial charge in [-0.25, -0.2) is 0 Å². The molecule has 0 aliphatic heterocycles. The molecule has 0 atom stereocenters. The molecule has 0 bridgehead atoms. The molecule has 2 rings (SSSR count). The van der Waals surface area contributed by atoms with Gasteiger partial charge in [0.2, 0.25) is 0 Å². The first-order valence-corrected chi connectivity index (χ1v) is 8.09. The second-order valence-electron chi connectivity index (χ2n) is 4.17. The monoisotopic (exact) mass is 341 g/mol. The Morgan fingerprint density at radius 2 is 2.16 bits per heavy atom. The summed E-state index contributed by atoms with van der Waals surface area (Å²) in [7, 11) is 1.81. The van der Waals surface area contributed by atoms with Crippen LogP contribution in [0.15, 0.2) is 29.6 Å². The number of halogens is 1. The first kappa shape index (κ1) is 14.5. The molecule has 1 aromatic carbocycles. The number of carbonyl (C=O) groups excluding carboxylic acids is 1. The van der Waals surface area contributed by atoms with E-state index in [0.29, 0.717) is 19.8 Å². The zero-order valence-corrected chi connectivity index (χ0v) is 13.2. The fraction of sp³-hybridized carbons (Fsp3) is 0.357. The van der Waals surface area contributed by atoms with Gasteiger partial charge in [-0.3, -0.25) is 4.79 Å². The first-order chi connectivity index (χ1) is 9.24. The Hall–Kier alpha value is -0.910. The summed E-state index contributed by atoms with van der Waals surface area (Å²) in [5.74, 6) is 0.0555. The van der Waals surface area contributed by atoms with Crippen LogP contribution in [0.5, 0.6) is 0 Å². The van der Waals surface area contributed by atoms with Crippen LogP contribution < -0.4 is 0 Å². The summed E-state index contributed by atoms with van der Waals surface area (Å²) in [6, 6.07) is 7.99. The van der Waals surface area contributed by atoms with Crippen LogP contribution in [0.1, 0.15) is 10.4 Å². The minimum absolute atomic E-state index is 0.0555. The van der Waals surface area contributed by atoms with Crippen molar-refractivity contribution >= 4 is 43.3 Å². The topological polar surface area (TPSA) is 29.5 Å². The summed E-state index contributed by atoms with van der Waals surface area (Å²) in [6.45, 7) is 1.84. The number of thiophene rings is 1. The molecule has 0 aliphatic rings. The molecule has 0 saturated carbocycles. The van der Waals surface area contributed by atoms with Crippen LogP contribution in [0.3, 0.4) is 0 Å². The standard InChI is InChI=1S/C14H16BrNO2S/c1-16(7-9-18-8-6-15)14(17)12-10-19-13-5-3-2-4-11(12)13/h2-5,10H,6-9H2,1H3. The third-order valence-electron chi connectivity index (χ3n) is 2.85. The van der Waals surface area contributed by atoms with Gasteiger partial charge in [0.05, 0.1) is 18.8 Å². The molecule has 102 valence electrons. The molecule has 5 heteroatoms. The third kappa shape index (κ3) is 3.55. The number of rotatable bonds is 6. The number of fused-ring (bicyclic) bond motifs is 1. The maximum atomic E-state index is 12.4. The number of nitrogens with zero attached hydrogens (tertiary/aromatic N) is 1. The van der Waals surface area contributed by atoms with Crippen molar-refractivity contribution in [3.05, 3.63) is 35.2 Å². The summed E-state index contributed by atoms with van der Waals surface area (Å²) in [4.78, 5) is 14.1. The van der Waals surface area contributed by atoms with Gasteiger partial charge in [0.25, 0.3) is 5.91 Å². The van der Waals surface area contributed by atoms with Crippen molar-refractivity contribution in [2.45, 2.75) is 0 Å². The summed E-state index contributed by atoms with van der Waals surface area (Å²) >= 11 is 4.91. The van der Waals surface area contributed by atoms with Crippen LogP contribution in [-0.2, 0) is 4.74 Å². The average molecular weight is 342 g/mol. The zero-order chi connectivity index (χ0) is 13.7. The highest BCUT2D eigenvalue weighted by Gasteiger charge is 2.15. The van der Waals surface area contributed by atoms with Crippen molar-refractivity contribution < 1.29 is 9.53 Å². The van der Waals surface area contributed by atoms with Crippen molar-refractivity contribution in [2.24, 2.45) is 0 Å². The Kier molecular flexibility index (Phi) is 5.36. The van der Waals surface area contributed by atoms with Gasteiger partial charge in [-0.05, 0) is 6.07 Å². The number of likely N-dealkylation sites (N-methyl/N-ethyl adjacent to an activating group) is 1. The van der Waals surface area contributed by atoms with E-state index >= 15 is 0 Å². The zero-order valence-electron chi connectivity index (χ0n) is 10.8. The van der Waals surface area contributed by atoms with Gasteiger partial charge in [-0.15, -0.1) is 11.3 Å². The molecule has 0 radical (unpaired) electrons. The van der Waals surface area contributed by atoms with Gasteiger partial charge in [0.1, 0.15) is 0 Å². The fourth-order valence-electron chi connectivity index (χ4n) is 1.81. The number of hydrogen-bond acceptors (Lipinski definition) is 3. The van der Waals surface area contributed by atoms with Crippen LogP contribution in [0.4, 0.5) is 0 Å². The Bertz CT molecular complexity index is 555. The van der Waals surface area contributed by atoms with Crippen LogP contribution in [-0.4, -0.2) is 42.9 Å². The predicted molar refractivity (Wildman–Crippen MR) is 83.4 cm³/mol. The van der Waals surface area contributed by atoms with E-state index in [1.807, 2.05) is 36.7 Å². The smallest absolute Gasteiger partial charge is 0.255 e. The van der Waals surface area contributed by atoms with Gasteiger partial charge in [0, 0.05) is 34.4 Å². The van der Waals surface area contributed by atoms with Gasteiger partial charge in [-0.2, -0.15) is 0 Å². The molecular weight excluding hydrogens is 326 g/mol. The first-order valence-electron chi connectivity index (χ1n) is 6.09. The Morgan fingerprint density at radius 1 is 1.37 bits per heavy atom. The lowest BCUT2D eigenvalue weighted by molar-refractivity contribution is 0.0715. The Balaban J connectivity index is 2.02. The number of ether oxygens (including phenoxy) is 1. The SMILES string of the molecule is CN(CCOCCBr)C(=O)c1csc2ccccc12. The lowest BCUT2D eigenvalue weighted by Gasteiger charge is -2.16. The minimum atomic E-state index is 0.0555. The van der Waals surface area contributed by atoms with Crippen molar-refractivity contribution in [3.63, 3.8) is 0 Å². The lowest BCUT2D eigenvalue weighted by atomic mass is 10.1. The summed E-state index contributed by atoms with van der Waals surface area (Å²) < 4.78 is 6.52. The molecule has 1 amide bonds.